The molecule has 0 spiro atoms. The number of hydrogen-bond acceptors (Lipinski definition) is 4. The quantitative estimate of drug-likeness (QED) is 0.755. The summed E-state index contributed by atoms with van der Waals surface area (Å²) in [5.74, 6) is 1.31. The second-order valence-corrected chi connectivity index (χ2v) is 7.23. The Hall–Kier alpha value is -2.28. The summed E-state index contributed by atoms with van der Waals surface area (Å²) < 4.78 is 11.5. The molecular weight excluding hydrogens is 334 g/mol. The second kappa shape index (κ2) is 7.95. The Morgan fingerprint density at radius 2 is 1.81 bits per heavy atom. The maximum atomic E-state index is 12.8. The van der Waals surface area contributed by atoms with E-state index < -0.39 is 6.10 Å². The summed E-state index contributed by atoms with van der Waals surface area (Å²) in [7, 11) is 0. The number of nitrogens with zero attached hydrogens (tertiary/aromatic N) is 1. The first-order valence-corrected chi connectivity index (χ1v) is 9.28. The van der Waals surface area contributed by atoms with Crippen LogP contribution in [0.25, 0.3) is 0 Å². The minimum Gasteiger partial charge on any atom is -0.485 e. The molecular formula is C19H28N3O4+. The average molecular weight is 362 g/mol. The number of piperazine rings is 1. The molecule has 142 valence electrons. The second-order valence-electron chi connectivity index (χ2n) is 7.23. The fraction of sp³-hybridized carbons (Fsp3) is 0.579. The van der Waals surface area contributed by atoms with Gasteiger partial charge in [-0.1, -0.05) is 12.1 Å². The number of carbonyl (C=O) groups is 2. The molecule has 0 aliphatic carbocycles. The van der Waals surface area contributed by atoms with Crippen LogP contribution in [0.5, 0.6) is 11.5 Å². The average Bonchev–Trinajstić information content (AvgIpc) is 2.66. The highest BCUT2D eigenvalue weighted by atomic mass is 16.6. The summed E-state index contributed by atoms with van der Waals surface area (Å²) in [5, 5.41) is 2.96. The molecule has 0 aromatic heterocycles. The zero-order valence-electron chi connectivity index (χ0n) is 15.7. The summed E-state index contributed by atoms with van der Waals surface area (Å²) in [6.07, 6.45) is -0.604. The fourth-order valence-corrected chi connectivity index (χ4v) is 3.39. The van der Waals surface area contributed by atoms with Crippen molar-refractivity contribution in [3.63, 3.8) is 0 Å². The van der Waals surface area contributed by atoms with E-state index in [1.807, 2.05) is 49.9 Å². The molecule has 2 N–H and O–H groups in total. The molecule has 3 rings (SSSR count). The number of carbonyl (C=O) groups excluding carboxylic acids is 2. The van der Waals surface area contributed by atoms with Gasteiger partial charge < -0.3 is 24.6 Å². The fourth-order valence-electron chi connectivity index (χ4n) is 3.39. The maximum absolute atomic E-state index is 12.8. The van der Waals surface area contributed by atoms with E-state index >= 15 is 0 Å². The van der Waals surface area contributed by atoms with Crippen LogP contribution in [0.15, 0.2) is 24.3 Å². The molecule has 2 aliphatic heterocycles. The van der Waals surface area contributed by atoms with Crippen LogP contribution in [0.3, 0.4) is 0 Å². The Labute approximate surface area is 154 Å². The maximum Gasteiger partial charge on any atom is 0.278 e. The molecule has 2 amide bonds. The SMILES string of the molecule is CC(C)NC(=O)[C@H](C)[NH+]1CCN(C(=O)[C@@H]2COc3ccccc3O2)CC1. The Morgan fingerprint density at radius 3 is 2.46 bits per heavy atom. The Morgan fingerprint density at radius 1 is 1.15 bits per heavy atom. The van der Waals surface area contributed by atoms with Gasteiger partial charge in [-0.15, -0.1) is 0 Å². The summed E-state index contributed by atoms with van der Waals surface area (Å²) >= 11 is 0. The van der Waals surface area contributed by atoms with Gasteiger partial charge in [0.2, 0.25) is 6.10 Å². The van der Waals surface area contributed by atoms with Crippen LogP contribution in [-0.2, 0) is 9.59 Å². The highest BCUT2D eigenvalue weighted by molar-refractivity contribution is 5.82. The third-order valence-corrected chi connectivity index (χ3v) is 4.94. The molecule has 0 radical (unpaired) electrons. The zero-order valence-corrected chi connectivity index (χ0v) is 15.7. The van der Waals surface area contributed by atoms with Gasteiger partial charge in [-0.05, 0) is 32.9 Å². The summed E-state index contributed by atoms with van der Waals surface area (Å²) in [4.78, 5) is 28.0. The lowest BCUT2D eigenvalue weighted by molar-refractivity contribution is -0.918. The lowest BCUT2D eigenvalue weighted by Crippen LogP contribution is -3.19. The van der Waals surface area contributed by atoms with Crippen LogP contribution < -0.4 is 19.7 Å². The van der Waals surface area contributed by atoms with Gasteiger partial charge in [0.15, 0.2) is 17.5 Å². The predicted octanol–water partition coefficient (Wildman–Crippen LogP) is -0.533. The summed E-state index contributed by atoms with van der Waals surface area (Å²) in [5.41, 5.74) is 0. The van der Waals surface area contributed by atoms with Crippen molar-refractivity contribution in [2.75, 3.05) is 32.8 Å². The third-order valence-electron chi connectivity index (χ3n) is 4.94. The predicted molar refractivity (Wildman–Crippen MR) is 96.4 cm³/mol. The van der Waals surface area contributed by atoms with E-state index in [0.29, 0.717) is 24.6 Å². The number of fused-ring (bicyclic) bond motifs is 1. The molecule has 7 heteroatoms. The molecule has 2 aliphatic rings. The number of ether oxygens (including phenoxy) is 2. The number of para-hydroxylation sites is 2. The number of hydrogen-bond donors (Lipinski definition) is 2. The number of benzene rings is 1. The molecule has 1 saturated heterocycles. The van der Waals surface area contributed by atoms with Crippen molar-refractivity contribution in [2.45, 2.75) is 39.0 Å². The number of quaternary nitrogens is 1. The summed E-state index contributed by atoms with van der Waals surface area (Å²) in [6, 6.07) is 7.41. The Balaban J connectivity index is 1.52. The third kappa shape index (κ3) is 4.09. The monoisotopic (exact) mass is 362 g/mol. The van der Waals surface area contributed by atoms with Crippen LogP contribution in [0.1, 0.15) is 20.8 Å². The largest absolute Gasteiger partial charge is 0.485 e. The topological polar surface area (TPSA) is 72.3 Å². The molecule has 0 bridgehead atoms. The van der Waals surface area contributed by atoms with Gasteiger partial charge in [0.25, 0.3) is 11.8 Å². The molecule has 2 heterocycles. The molecule has 26 heavy (non-hydrogen) atoms. The standard InChI is InChI=1S/C19H27N3O4/c1-13(2)20-18(23)14(3)21-8-10-22(11-9-21)19(24)17-12-25-15-6-4-5-7-16(15)26-17/h4-7,13-14,17H,8-12H2,1-3H3,(H,20,23)/p+1/t14-,17-/m0/s1. The lowest BCUT2D eigenvalue weighted by atomic mass is 10.2. The first kappa shape index (κ1) is 18.5. The lowest BCUT2D eigenvalue weighted by Gasteiger charge is -2.37. The molecule has 7 nitrogen and oxygen atoms in total. The van der Waals surface area contributed by atoms with E-state index in [1.54, 1.807) is 0 Å². The Kier molecular flexibility index (Phi) is 5.66. The van der Waals surface area contributed by atoms with Crippen molar-refractivity contribution in [3.8, 4) is 11.5 Å². The number of amides is 2. The van der Waals surface area contributed by atoms with Crippen LogP contribution in [0.4, 0.5) is 0 Å². The van der Waals surface area contributed by atoms with Gasteiger partial charge in [-0.25, -0.2) is 0 Å². The van der Waals surface area contributed by atoms with Gasteiger partial charge in [0.1, 0.15) is 6.61 Å². The molecule has 0 unspecified atom stereocenters. The van der Waals surface area contributed by atoms with Crippen LogP contribution in [0.2, 0.25) is 0 Å². The highest BCUT2D eigenvalue weighted by Crippen LogP contribution is 2.31. The molecule has 1 aromatic rings. The van der Waals surface area contributed by atoms with Crippen molar-refractivity contribution in [2.24, 2.45) is 0 Å². The van der Waals surface area contributed by atoms with Crippen molar-refractivity contribution < 1.29 is 24.0 Å². The van der Waals surface area contributed by atoms with Crippen molar-refractivity contribution in [1.82, 2.24) is 10.2 Å². The molecule has 0 saturated carbocycles. The smallest absolute Gasteiger partial charge is 0.278 e. The van der Waals surface area contributed by atoms with Gasteiger partial charge in [0, 0.05) is 6.04 Å². The van der Waals surface area contributed by atoms with Crippen molar-refractivity contribution >= 4 is 11.8 Å². The van der Waals surface area contributed by atoms with E-state index in [-0.39, 0.29) is 30.5 Å². The normalized spacial score (nSPS) is 21.4. The van der Waals surface area contributed by atoms with Crippen LogP contribution >= 0.6 is 0 Å². The minimum absolute atomic E-state index is 0.0437. The first-order valence-electron chi connectivity index (χ1n) is 9.28. The van der Waals surface area contributed by atoms with E-state index in [4.69, 9.17) is 9.47 Å². The van der Waals surface area contributed by atoms with Gasteiger partial charge in [-0.3, -0.25) is 9.59 Å². The Bertz CT molecular complexity index is 656. The zero-order chi connectivity index (χ0) is 18.7. The first-order chi connectivity index (χ1) is 12.5. The van der Waals surface area contributed by atoms with Gasteiger partial charge in [0.05, 0.1) is 26.2 Å². The van der Waals surface area contributed by atoms with E-state index in [0.717, 1.165) is 13.1 Å². The molecule has 2 atom stereocenters. The minimum atomic E-state index is -0.604. The highest BCUT2D eigenvalue weighted by Gasteiger charge is 2.35. The van der Waals surface area contributed by atoms with Gasteiger partial charge >= 0.3 is 0 Å². The van der Waals surface area contributed by atoms with Crippen molar-refractivity contribution in [1.29, 1.82) is 0 Å². The van der Waals surface area contributed by atoms with Crippen LogP contribution in [0, 0.1) is 0 Å². The number of nitrogens with one attached hydrogen (secondary N) is 2. The van der Waals surface area contributed by atoms with Gasteiger partial charge in [-0.2, -0.15) is 0 Å². The molecule has 1 fully saturated rings. The van der Waals surface area contributed by atoms with E-state index in [2.05, 4.69) is 5.32 Å². The summed E-state index contributed by atoms with van der Waals surface area (Å²) in [6.45, 7) is 8.84. The van der Waals surface area contributed by atoms with Crippen molar-refractivity contribution in [3.05, 3.63) is 24.3 Å². The van der Waals surface area contributed by atoms with E-state index in [9.17, 15) is 9.59 Å². The van der Waals surface area contributed by atoms with E-state index in [1.165, 1.54) is 4.90 Å². The molecule has 1 aromatic carbocycles. The number of rotatable bonds is 4. The van der Waals surface area contributed by atoms with Crippen LogP contribution in [-0.4, -0.2) is 67.7 Å².